The molecule has 2 N–H and O–H groups in total. The van der Waals surface area contributed by atoms with E-state index in [0.717, 1.165) is 6.42 Å². The number of aliphatic hydroxyl groups excluding tert-OH is 1. The van der Waals surface area contributed by atoms with Gasteiger partial charge in [0.1, 0.15) is 29.8 Å². The lowest BCUT2D eigenvalue weighted by Crippen LogP contribution is -2.58. The van der Waals surface area contributed by atoms with Gasteiger partial charge < -0.3 is 29.2 Å². The standard InChI is InChI=1S/C31H42O7/c1-18-7-6-8-23-17-35-28-27(32)21(4)14-26(31(23,28)34)29(33)36-25-15-24(10-9-19(2)13-18)38-30(16-25)12-11-20(3)22(5)37-30/h6-9,11-12,14,18,20,22,24-28,32,34H,10,13,15-17H2,1-5H3/b7-6+,19-9+,23-8+/t18-,20-,22+,24+,25-,26-,27?,28+,30-,31+/m0/s1. The summed E-state index contributed by atoms with van der Waals surface area (Å²) in [5, 5.41) is 22.8. The molecule has 2 saturated heterocycles. The van der Waals surface area contributed by atoms with Crippen molar-refractivity contribution in [2.24, 2.45) is 17.8 Å². The molecular weight excluding hydrogens is 484 g/mol. The van der Waals surface area contributed by atoms with Gasteiger partial charge in [-0.15, -0.1) is 0 Å². The Labute approximate surface area is 225 Å². The molecule has 38 heavy (non-hydrogen) atoms. The van der Waals surface area contributed by atoms with Crippen LogP contribution < -0.4 is 0 Å². The van der Waals surface area contributed by atoms with E-state index in [1.54, 1.807) is 13.0 Å². The summed E-state index contributed by atoms with van der Waals surface area (Å²) in [7, 11) is 0. The van der Waals surface area contributed by atoms with Crippen molar-refractivity contribution in [2.45, 2.75) is 102 Å². The van der Waals surface area contributed by atoms with Gasteiger partial charge in [0.05, 0.1) is 18.8 Å². The van der Waals surface area contributed by atoms with Gasteiger partial charge in [0.25, 0.3) is 0 Å². The molecule has 5 rings (SSSR count). The van der Waals surface area contributed by atoms with Crippen LogP contribution in [0.5, 0.6) is 0 Å². The molecule has 0 amide bonds. The Bertz CT molecular complexity index is 1090. The van der Waals surface area contributed by atoms with Crippen LogP contribution in [-0.2, 0) is 23.7 Å². The first-order chi connectivity index (χ1) is 18.0. The summed E-state index contributed by atoms with van der Waals surface area (Å²) < 4.78 is 25.0. The molecule has 7 heteroatoms. The van der Waals surface area contributed by atoms with Gasteiger partial charge >= 0.3 is 5.97 Å². The van der Waals surface area contributed by atoms with Crippen LogP contribution in [0.2, 0.25) is 0 Å². The summed E-state index contributed by atoms with van der Waals surface area (Å²) in [4.78, 5) is 13.8. The van der Waals surface area contributed by atoms with E-state index in [0.29, 0.717) is 30.4 Å². The molecule has 2 fully saturated rings. The second-order valence-electron chi connectivity index (χ2n) is 12.0. The van der Waals surface area contributed by atoms with Crippen molar-refractivity contribution < 1.29 is 34.0 Å². The number of allylic oxidation sites excluding steroid dienone is 4. The van der Waals surface area contributed by atoms with Gasteiger partial charge in [0.2, 0.25) is 0 Å². The maximum Gasteiger partial charge on any atom is 0.316 e. The van der Waals surface area contributed by atoms with Gasteiger partial charge in [0.15, 0.2) is 5.79 Å². The zero-order valence-electron chi connectivity index (χ0n) is 23.1. The fourth-order valence-corrected chi connectivity index (χ4v) is 6.47. The predicted molar refractivity (Wildman–Crippen MR) is 143 cm³/mol. The Balaban J connectivity index is 1.53. The first kappa shape index (κ1) is 27.5. The average Bonchev–Trinajstić information content (AvgIpc) is 3.19. The monoisotopic (exact) mass is 526 g/mol. The fourth-order valence-electron chi connectivity index (χ4n) is 6.47. The summed E-state index contributed by atoms with van der Waals surface area (Å²) in [5.74, 6) is -1.95. The highest BCUT2D eigenvalue weighted by molar-refractivity contribution is 5.78. The van der Waals surface area contributed by atoms with Crippen molar-refractivity contribution in [3.05, 3.63) is 59.3 Å². The quantitative estimate of drug-likeness (QED) is 0.359. The van der Waals surface area contributed by atoms with Gasteiger partial charge in [-0.1, -0.05) is 55.9 Å². The third-order valence-corrected chi connectivity index (χ3v) is 8.85. The van der Waals surface area contributed by atoms with Crippen molar-refractivity contribution in [1.82, 2.24) is 0 Å². The van der Waals surface area contributed by atoms with E-state index >= 15 is 0 Å². The van der Waals surface area contributed by atoms with Crippen molar-refractivity contribution >= 4 is 5.97 Å². The summed E-state index contributed by atoms with van der Waals surface area (Å²) in [6, 6.07) is 0. The number of ether oxygens (including phenoxy) is 4. The maximum absolute atomic E-state index is 13.8. The molecule has 7 nitrogen and oxygen atoms in total. The number of hydrogen-bond acceptors (Lipinski definition) is 7. The second-order valence-corrected chi connectivity index (χ2v) is 12.0. The van der Waals surface area contributed by atoms with Gasteiger partial charge in [-0.25, -0.2) is 0 Å². The number of carbonyl (C=O) groups excluding carboxylic acids is 1. The highest BCUT2D eigenvalue weighted by atomic mass is 16.7. The van der Waals surface area contributed by atoms with Crippen LogP contribution in [0, 0.1) is 17.8 Å². The third-order valence-electron chi connectivity index (χ3n) is 8.85. The maximum atomic E-state index is 13.8. The Morgan fingerprint density at radius 2 is 1.87 bits per heavy atom. The Hall–Kier alpha value is -2.03. The van der Waals surface area contributed by atoms with Gasteiger partial charge in [-0.3, -0.25) is 4.79 Å². The topological polar surface area (TPSA) is 94.5 Å². The number of fused-ring (bicyclic) bond motifs is 2. The number of hydrogen-bond donors (Lipinski definition) is 2. The van der Waals surface area contributed by atoms with E-state index in [1.807, 2.05) is 25.2 Å². The molecule has 0 aromatic rings. The van der Waals surface area contributed by atoms with Crippen molar-refractivity contribution in [3.63, 3.8) is 0 Å². The molecule has 4 aliphatic heterocycles. The van der Waals surface area contributed by atoms with E-state index < -0.39 is 41.6 Å². The first-order valence-electron chi connectivity index (χ1n) is 14.0. The van der Waals surface area contributed by atoms with E-state index in [1.165, 1.54) is 5.57 Å². The molecule has 4 heterocycles. The molecule has 10 atom stereocenters. The second kappa shape index (κ2) is 10.5. The minimum absolute atomic E-state index is 0.0342. The summed E-state index contributed by atoms with van der Waals surface area (Å²) in [6.45, 7) is 10.3. The highest BCUT2D eigenvalue weighted by Crippen LogP contribution is 2.46. The van der Waals surface area contributed by atoms with Crippen LogP contribution in [0.25, 0.3) is 0 Å². The molecule has 1 spiro atoms. The molecule has 0 saturated carbocycles. The van der Waals surface area contributed by atoms with Crippen molar-refractivity contribution in [2.75, 3.05) is 6.61 Å². The lowest BCUT2D eigenvalue weighted by Gasteiger charge is -2.46. The minimum atomic E-state index is -1.69. The highest BCUT2D eigenvalue weighted by Gasteiger charge is 2.60. The molecule has 0 aromatic carbocycles. The molecule has 0 radical (unpaired) electrons. The Morgan fingerprint density at radius 3 is 2.63 bits per heavy atom. The van der Waals surface area contributed by atoms with E-state index in [4.69, 9.17) is 18.9 Å². The van der Waals surface area contributed by atoms with E-state index in [-0.39, 0.29) is 30.7 Å². The van der Waals surface area contributed by atoms with Crippen LogP contribution in [0.15, 0.2) is 59.3 Å². The largest absolute Gasteiger partial charge is 0.462 e. The van der Waals surface area contributed by atoms with Crippen LogP contribution >= 0.6 is 0 Å². The van der Waals surface area contributed by atoms with E-state index in [2.05, 4.69) is 39.0 Å². The van der Waals surface area contributed by atoms with Crippen LogP contribution in [0.4, 0.5) is 0 Å². The van der Waals surface area contributed by atoms with Gasteiger partial charge in [0, 0.05) is 18.8 Å². The summed E-state index contributed by atoms with van der Waals surface area (Å²) >= 11 is 0. The molecule has 208 valence electrons. The number of rotatable bonds is 0. The Kier molecular flexibility index (Phi) is 7.61. The predicted octanol–water partition coefficient (Wildman–Crippen LogP) is 4.31. The minimum Gasteiger partial charge on any atom is -0.462 e. The van der Waals surface area contributed by atoms with Gasteiger partial charge in [-0.05, 0) is 56.8 Å². The number of carbonyl (C=O) groups is 1. The Morgan fingerprint density at radius 1 is 1.08 bits per heavy atom. The van der Waals surface area contributed by atoms with Gasteiger partial charge in [-0.2, -0.15) is 0 Å². The van der Waals surface area contributed by atoms with Crippen molar-refractivity contribution in [1.29, 1.82) is 0 Å². The average molecular weight is 527 g/mol. The fraction of sp³-hybridized carbons (Fsp3) is 0.645. The lowest BCUT2D eigenvalue weighted by molar-refractivity contribution is -0.291. The van der Waals surface area contributed by atoms with Crippen LogP contribution in [0.3, 0.4) is 0 Å². The molecule has 1 aliphatic carbocycles. The SMILES string of the molecule is CC1=C[C@H]2C(=O)O[C@H]3C[C@@H](C/C=C(\C)C[C@@H](C)/C=C/C=C4\CO[C@H](C1O)[C@@]42O)O[C@@]1(C=C[C@H](C)[C@@H](C)O1)C3. The lowest BCUT2D eigenvalue weighted by atomic mass is 9.71. The number of aliphatic hydroxyl groups is 2. The zero-order chi connectivity index (χ0) is 27.2. The smallest absolute Gasteiger partial charge is 0.316 e. The molecule has 1 unspecified atom stereocenters. The van der Waals surface area contributed by atoms with Crippen LogP contribution in [-0.4, -0.2) is 64.7 Å². The zero-order valence-corrected chi connectivity index (χ0v) is 23.1. The van der Waals surface area contributed by atoms with Crippen LogP contribution in [0.1, 0.15) is 60.3 Å². The molecule has 0 aromatic heterocycles. The molecular formula is C31H42O7. The number of esters is 1. The molecule has 2 bridgehead atoms. The summed E-state index contributed by atoms with van der Waals surface area (Å²) in [5.41, 5.74) is 0.728. The van der Waals surface area contributed by atoms with Crippen molar-refractivity contribution in [3.8, 4) is 0 Å². The summed E-state index contributed by atoms with van der Waals surface area (Å²) in [6.07, 6.45) is 13.7. The third kappa shape index (κ3) is 5.11. The normalized spacial score (nSPS) is 49.2. The van der Waals surface area contributed by atoms with E-state index in [9.17, 15) is 15.0 Å². The first-order valence-corrected chi connectivity index (χ1v) is 14.0. The molecule has 5 aliphatic rings.